The van der Waals surface area contributed by atoms with Crippen molar-refractivity contribution < 1.29 is 54.0 Å². The van der Waals surface area contributed by atoms with Gasteiger partial charge in [0.2, 0.25) is 11.6 Å². The van der Waals surface area contributed by atoms with Crippen LogP contribution in [0, 0.1) is 59.2 Å². The summed E-state index contributed by atoms with van der Waals surface area (Å²) in [6.07, 6.45) is 1.91. The maximum Gasteiger partial charge on any atom is 0.333 e. The van der Waals surface area contributed by atoms with E-state index in [9.17, 15) is 49.2 Å². The van der Waals surface area contributed by atoms with Crippen molar-refractivity contribution in [2.45, 2.75) is 295 Å². The molecule has 0 aromatic rings. The average Bonchev–Trinajstić information content (AvgIpc) is 3.32. The Morgan fingerprint density at radius 1 is 0.368 bits per heavy atom. The second-order valence-electron chi connectivity index (χ2n) is 25.3. The highest BCUT2D eigenvalue weighted by Gasteiger charge is 2.20. The second-order valence-corrected chi connectivity index (χ2v) is 32.3. The molecule has 0 aliphatic carbocycles. The molecule has 0 rings (SSSR count). The fourth-order valence-corrected chi connectivity index (χ4v) is 10.1. The van der Waals surface area contributed by atoms with Crippen LogP contribution >= 0.6 is 0 Å². The largest absolute Gasteiger partial charge is 0.460 e. The van der Waals surface area contributed by atoms with E-state index in [1.165, 1.54) is 0 Å². The first kappa shape index (κ1) is 104. The van der Waals surface area contributed by atoms with Gasteiger partial charge in [-0.2, -0.15) is 0 Å². The van der Waals surface area contributed by atoms with Gasteiger partial charge < -0.3 is 4.74 Å². The van der Waals surface area contributed by atoms with Crippen LogP contribution in [-0.4, -0.2) is 77.2 Å². The molecule has 0 fully saturated rings. The van der Waals surface area contributed by atoms with Crippen molar-refractivity contribution in [1.29, 1.82) is 0 Å². The van der Waals surface area contributed by atoms with Gasteiger partial charge in [-0.1, -0.05) is 143 Å². The van der Waals surface area contributed by atoms with Gasteiger partial charge in [0, 0.05) is 45.5 Å². The Labute approximate surface area is 539 Å². The molecule has 0 heterocycles. The zero-order valence-electron chi connectivity index (χ0n) is 60.8. The van der Waals surface area contributed by atoms with E-state index < -0.39 is 29.5 Å². The lowest BCUT2D eigenvalue weighted by Gasteiger charge is -2.08. The summed E-state index contributed by atoms with van der Waals surface area (Å²) >= 11 is 0. The molecule has 0 amide bonds. The van der Waals surface area contributed by atoms with Gasteiger partial charge >= 0.3 is 5.97 Å². The molecule has 0 aliphatic rings. The maximum absolute atomic E-state index is 11.5. The Balaban J connectivity index is -0.0000000973. The number of ether oxygens (including phenoxy) is 1. The molecule has 0 radical (unpaired) electrons. The normalized spacial score (nSPS) is 10.1. The van der Waals surface area contributed by atoms with Crippen LogP contribution in [-0.2, 0) is 58.2 Å². The van der Waals surface area contributed by atoms with E-state index >= 15 is 0 Å². The summed E-state index contributed by atoms with van der Waals surface area (Å²) in [6, 6.07) is 0. The summed E-state index contributed by atoms with van der Waals surface area (Å²) in [5.74, 6) is 12.8. The number of esters is 1. The number of ketones is 4. The third-order valence-electron chi connectivity index (χ3n) is 11.8. The van der Waals surface area contributed by atoms with E-state index in [4.69, 9.17) is 4.74 Å². The molecule has 0 aliphatic heterocycles. The summed E-state index contributed by atoms with van der Waals surface area (Å²) in [4.78, 5) is 56.6. The molecule has 0 spiro atoms. The monoisotopic (exact) mass is 1290 g/mol. The molecule has 0 unspecified atom stereocenters. The Morgan fingerprint density at radius 3 is 0.805 bits per heavy atom. The van der Waals surface area contributed by atoms with Crippen LogP contribution in [0.4, 0.5) is 0 Å². The number of sulfone groups is 3. The van der Waals surface area contributed by atoms with Crippen LogP contribution < -0.4 is 0 Å². The predicted molar refractivity (Wildman–Crippen MR) is 380 cm³/mol. The third-order valence-corrected chi connectivity index (χ3v) is 19.1. The summed E-state index contributed by atoms with van der Waals surface area (Å²) < 4.78 is 73.9. The molecule has 0 saturated carbocycles. The summed E-state index contributed by atoms with van der Waals surface area (Å²) in [5.41, 5.74) is 8.49. The second kappa shape index (κ2) is 54.5. The van der Waals surface area contributed by atoms with Crippen molar-refractivity contribution >= 4 is 58.6 Å². The summed E-state index contributed by atoms with van der Waals surface area (Å²) in [6.45, 7) is 67.3. The Hall–Kier alpha value is -4.44. The minimum absolute atomic E-state index is 0. The summed E-state index contributed by atoms with van der Waals surface area (Å²) in [7, 11) is -8.95. The molecule has 0 saturated heterocycles. The Morgan fingerprint density at radius 2 is 0.644 bits per heavy atom. The van der Waals surface area contributed by atoms with Crippen molar-refractivity contribution in [1.82, 2.24) is 0 Å². The molecule has 87 heavy (non-hydrogen) atoms. The quantitative estimate of drug-likeness (QED) is 0.0514. The molecule has 0 atom stereocenters. The van der Waals surface area contributed by atoms with Gasteiger partial charge in [-0.3, -0.25) is 19.2 Å². The topological polar surface area (TPSA) is 197 Å². The molecule has 0 aromatic carbocycles. The predicted octanol–water partition coefficient (Wildman–Crippen LogP) is 19.2. The van der Waals surface area contributed by atoms with Crippen molar-refractivity contribution in [3.8, 4) is 23.7 Å². The van der Waals surface area contributed by atoms with Crippen molar-refractivity contribution in [2.24, 2.45) is 35.5 Å². The molecular weight excluding hydrogens is 1150 g/mol. The lowest BCUT2D eigenvalue weighted by Crippen LogP contribution is -2.15. The maximum atomic E-state index is 11.5. The molecule has 12 nitrogen and oxygen atoms in total. The lowest BCUT2D eigenvalue weighted by atomic mass is 10.00. The Kier molecular flexibility index (Phi) is 65.3. The number of hydrogen-bond donors (Lipinski definition) is 0. The number of carbonyl (C=O) groups excluding carboxylic acids is 5. The molecule has 0 bridgehead atoms. The molecule has 0 aromatic heterocycles. The number of carbonyl (C=O) groups is 5. The highest BCUT2D eigenvalue weighted by atomic mass is 32.2. The molecule has 15 heteroatoms. The lowest BCUT2D eigenvalue weighted by molar-refractivity contribution is -0.142. The van der Waals surface area contributed by atoms with E-state index in [1.54, 1.807) is 55.4 Å². The van der Waals surface area contributed by atoms with Crippen molar-refractivity contribution in [3.63, 3.8) is 0 Å². The van der Waals surface area contributed by atoms with Crippen molar-refractivity contribution in [2.75, 3.05) is 11.5 Å². The standard InChI is InChI=1S/2C10H18O.2C9H18O2S.C9H16O2.C8H16O2S.C8H12O.C7H10O.2CH4/c2*1-7(2)6-10(11)9(5)8(3)4;2*1-7(2)6-12(10,11)9(5)8(3)4;1-6(2)8(5)9(10)11-7(3)4;1-6(2)8(5)11(9,10)7(3)4;1-4-5-8(9)6-7(2)3;1-4-5-7(8)6(2)3;;/h2*7H,6H2,1-5H3;2*7H,6H2,1-5H3;2*7H,1-5H3;7H,6H2,1-3H3;6H,1-3H3;2*1H4. The van der Waals surface area contributed by atoms with E-state index in [1.807, 2.05) is 166 Å². The van der Waals surface area contributed by atoms with Gasteiger partial charge in [0.25, 0.3) is 0 Å². The number of rotatable bonds is 19. The van der Waals surface area contributed by atoms with Gasteiger partial charge in [0.15, 0.2) is 41.1 Å². The van der Waals surface area contributed by atoms with E-state index in [0.29, 0.717) is 68.9 Å². The molecule has 512 valence electrons. The molecule has 0 N–H and O–H groups in total. The van der Waals surface area contributed by atoms with Crippen LogP contribution in [0.3, 0.4) is 0 Å². The highest BCUT2D eigenvalue weighted by molar-refractivity contribution is 7.96. The fraction of sp³-hybridized carbons (Fsp3) is 0.708. The first-order valence-corrected chi connectivity index (χ1v) is 34.6. The fourth-order valence-electron chi connectivity index (χ4n) is 5.33. The third kappa shape index (κ3) is 61.6. The SMILES string of the molecule is C.C.CC#CC(=O)C(C)C.CC#CC(=O)CC(C)C.CC(C)=C(C)C(=O)CC(C)C.CC(C)=C(C)C(=O)CC(C)C.CC(C)=C(C)C(=O)OC(C)C.CC(C)=C(C)S(=O)(=O)C(C)C.CC(C)=C(C)S(=O)(=O)CC(C)C.CC(C)=C(C)S(=O)(=O)CC(C)C. The van der Waals surface area contributed by atoms with Crippen LogP contribution in [0.1, 0.15) is 283 Å². The number of Topliss-reactive ketones (excluding diaryl/α,β-unsaturated/α-hetero) is 4. The zero-order chi connectivity index (χ0) is 70.0. The van der Waals surface area contributed by atoms with E-state index in [2.05, 4.69) is 51.4 Å². The van der Waals surface area contributed by atoms with Gasteiger partial charge in [-0.05, 0) is 219 Å². The van der Waals surface area contributed by atoms with Crippen LogP contribution in [0.15, 0.2) is 64.9 Å². The van der Waals surface area contributed by atoms with Gasteiger partial charge in [0.05, 0.1) is 22.9 Å². The minimum Gasteiger partial charge on any atom is -0.460 e. The van der Waals surface area contributed by atoms with Crippen molar-refractivity contribution in [3.05, 3.63) is 64.9 Å². The average molecular weight is 1290 g/mol. The first-order valence-electron chi connectivity index (χ1n) is 29.8. The highest BCUT2D eigenvalue weighted by Crippen LogP contribution is 2.18. The molecular formula is C72H134O12S3. The Bertz CT molecular complexity index is 2550. The number of allylic oxidation sites excluding steroid dienone is 11. The zero-order valence-corrected chi connectivity index (χ0v) is 63.2. The minimum atomic E-state index is -3.00. The number of hydrogen-bond acceptors (Lipinski definition) is 12. The van der Waals surface area contributed by atoms with Gasteiger partial charge in [-0.15, -0.1) is 0 Å². The van der Waals surface area contributed by atoms with E-state index in [-0.39, 0.29) is 73.0 Å². The van der Waals surface area contributed by atoms with Crippen LogP contribution in [0.2, 0.25) is 0 Å². The summed E-state index contributed by atoms with van der Waals surface area (Å²) in [5, 5.41) is -0.308. The van der Waals surface area contributed by atoms with E-state index in [0.717, 1.165) is 44.6 Å². The van der Waals surface area contributed by atoms with Crippen LogP contribution in [0.5, 0.6) is 0 Å². The van der Waals surface area contributed by atoms with Gasteiger partial charge in [-0.25, -0.2) is 30.0 Å². The smallest absolute Gasteiger partial charge is 0.333 e. The first-order chi connectivity index (χ1) is 38.0. The van der Waals surface area contributed by atoms with Crippen LogP contribution in [0.25, 0.3) is 0 Å². The van der Waals surface area contributed by atoms with Gasteiger partial charge in [0.1, 0.15) is 0 Å².